The van der Waals surface area contributed by atoms with Gasteiger partial charge in [0.1, 0.15) is 17.6 Å². The third-order valence-corrected chi connectivity index (χ3v) is 3.72. The van der Waals surface area contributed by atoms with Crippen molar-refractivity contribution in [3.63, 3.8) is 0 Å². The lowest BCUT2D eigenvalue weighted by molar-refractivity contribution is 0.476. The van der Waals surface area contributed by atoms with Crippen LogP contribution in [0.5, 0.6) is 11.5 Å². The molecule has 0 saturated carbocycles. The molecule has 0 aliphatic carbocycles. The highest BCUT2D eigenvalue weighted by atomic mass is 35.5. The van der Waals surface area contributed by atoms with E-state index >= 15 is 0 Å². The Kier molecular flexibility index (Phi) is 4.55. The number of hydrogen-bond donors (Lipinski definition) is 0. The minimum atomic E-state index is 0.313. The quantitative estimate of drug-likeness (QED) is 0.723. The largest absolute Gasteiger partial charge is 0.456 e. The number of rotatable bonds is 3. The molecule has 0 aromatic heterocycles. The average molecular weight is 300 g/mol. The molecule has 0 unspecified atom stereocenters. The maximum atomic E-state index is 9.19. The molecule has 2 aromatic rings. The first kappa shape index (κ1) is 15.4. The van der Waals surface area contributed by atoms with E-state index in [1.54, 1.807) is 6.07 Å². The van der Waals surface area contributed by atoms with Crippen molar-refractivity contribution >= 4 is 11.6 Å². The van der Waals surface area contributed by atoms with Crippen LogP contribution in [0.2, 0.25) is 5.02 Å². The maximum absolute atomic E-state index is 9.19. The molecule has 0 spiro atoms. The van der Waals surface area contributed by atoms with Crippen molar-refractivity contribution in [2.24, 2.45) is 0 Å². The minimum Gasteiger partial charge on any atom is -0.456 e. The van der Waals surface area contributed by atoms with Gasteiger partial charge in [-0.1, -0.05) is 31.5 Å². The number of aryl methyl sites for hydroxylation is 2. The van der Waals surface area contributed by atoms with Crippen LogP contribution in [-0.4, -0.2) is 0 Å². The Morgan fingerprint density at radius 2 is 1.81 bits per heavy atom. The van der Waals surface area contributed by atoms with E-state index in [2.05, 4.69) is 19.9 Å². The van der Waals surface area contributed by atoms with E-state index in [1.807, 2.05) is 38.1 Å². The van der Waals surface area contributed by atoms with Crippen molar-refractivity contribution in [2.45, 2.75) is 33.6 Å². The van der Waals surface area contributed by atoms with Gasteiger partial charge in [-0.2, -0.15) is 5.26 Å². The third kappa shape index (κ3) is 3.37. The predicted molar refractivity (Wildman–Crippen MR) is 86.2 cm³/mol. The molecule has 0 amide bonds. The summed E-state index contributed by atoms with van der Waals surface area (Å²) in [4.78, 5) is 0. The van der Waals surface area contributed by atoms with Gasteiger partial charge in [0.2, 0.25) is 0 Å². The van der Waals surface area contributed by atoms with Gasteiger partial charge in [0.25, 0.3) is 0 Å². The van der Waals surface area contributed by atoms with E-state index in [4.69, 9.17) is 16.3 Å². The van der Waals surface area contributed by atoms with Crippen LogP contribution in [0.1, 0.15) is 42.0 Å². The summed E-state index contributed by atoms with van der Waals surface area (Å²) in [7, 11) is 0. The van der Waals surface area contributed by atoms with E-state index in [9.17, 15) is 5.26 Å². The molecule has 0 bridgehead atoms. The van der Waals surface area contributed by atoms with Crippen molar-refractivity contribution in [3.05, 3.63) is 57.6 Å². The second-order valence-electron chi connectivity index (χ2n) is 5.51. The molecule has 0 radical (unpaired) electrons. The van der Waals surface area contributed by atoms with Crippen molar-refractivity contribution in [2.75, 3.05) is 0 Å². The fraction of sp³-hybridized carbons (Fsp3) is 0.278. The van der Waals surface area contributed by atoms with Crippen LogP contribution in [0.4, 0.5) is 0 Å². The highest BCUT2D eigenvalue weighted by Crippen LogP contribution is 2.35. The highest BCUT2D eigenvalue weighted by Gasteiger charge is 2.12. The second kappa shape index (κ2) is 6.20. The van der Waals surface area contributed by atoms with Crippen molar-refractivity contribution < 1.29 is 4.74 Å². The molecule has 0 fully saturated rings. The van der Waals surface area contributed by atoms with Gasteiger partial charge >= 0.3 is 0 Å². The highest BCUT2D eigenvalue weighted by molar-refractivity contribution is 6.31. The minimum absolute atomic E-state index is 0.313. The topological polar surface area (TPSA) is 33.0 Å². The Morgan fingerprint density at radius 3 is 2.43 bits per heavy atom. The van der Waals surface area contributed by atoms with Crippen LogP contribution in [0.25, 0.3) is 0 Å². The van der Waals surface area contributed by atoms with Crippen molar-refractivity contribution in [1.29, 1.82) is 5.26 Å². The van der Waals surface area contributed by atoms with Crippen LogP contribution in [-0.2, 0) is 0 Å². The molecule has 0 N–H and O–H groups in total. The van der Waals surface area contributed by atoms with Gasteiger partial charge in [-0.15, -0.1) is 0 Å². The third-order valence-electron chi connectivity index (χ3n) is 3.39. The lowest BCUT2D eigenvalue weighted by atomic mass is 10.0. The van der Waals surface area contributed by atoms with Gasteiger partial charge in [-0.3, -0.25) is 0 Å². The summed E-state index contributed by atoms with van der Waals surface area (Å²) in [6.45, 7) is 8.11. The van der Waals surface area contributed by atoms with E-state index in [-0.39, 0.29) is 0 Å². The summed E-state index contributed by atoms with van der Waals surface area (Å²) in [5.41, 5.74) is 3.58. The molecule has 0 aliphatic rings. The second-order valence-corrected chi connectivity index (χ2v) is 5.91. The van der Waals surface area contributed by atoms with E-state index in [0.717, 1.165) is 27.5 Å². The van der Waals surface area contributed by atoms with Crippen LogP contribution in [0, 0.1) is 25.2 Å². The molecule has 2 nitrogen and oxygen atoms in total. The molecule has 0 saturated heterocycles. The fourth-order valence-corrected chi connectivity index (χ4v) is 2.58. The van der Waals surface area contributed by atoms with Crippen LogP contribution >= 0.6 is 11.6 Å². The van der Waals surface area contributed by atoms with Gasteiger partial charge in [0.15, 0.2) is 0 Å². The first-order chi connectivity index (χ1) is 9.92. The average Bonchev–Trinajstić information content (AvgIpc) is 2.41. The predicted octanol–water partition coefficient (Wildman–Crippen LogP) is 5.74. The molecule has 2 rings (SSSR count). The molecule has 0 aliphatic heterocycles. The molecule has 0 heterocycles. The number of benzene rings is 2. The Bertz CT molecular complexity index is 714. The fourth-order valence-electron chi connectivity index (χ4n) is 2.15. The van der Waals surface area contributed by atoms with Gasteiger partial charge in [-0.25, -0.2) is 0 Å². The van der Waals surface area contributed by atoms with E-state index < -0.39 is 0 Å². The van der Waals surface area contributed by atoms with Crippen LogP contribution < -0.4 is 4.74 Å². The SMILES string of the molecule is Cc1ccc(C#N)c(Oc2cc(C(C)C)c(Cl)cc2C)c1. The number of nitriles is 1. The summed E-state index contributed by atoms with van der Waals surface area (Å²) >= 11 is 6.28. The maximum Gasteiger partial charge on any atom is 0.145 e. The smallest absolute Gasteiger partial charge is 0.145 e. The normalized spacial score (nSPS) is 10.5. The Balaban J connectivity index is 2.47. The molecule has 3 heteroatoms. The number of nitrogens with zero attached hydrogens (tertiary/aromatic N) is 1. The van der Waals surface area contributed by atoms with Crippen LogP contribution in [0.3, 0.4) is 0 Å². The number of hydrogen-bond acceptors (Lipinski definition) is 2. The van der Waals surface area contributed by atoms with Crippen molar-refractivity contribution in [3.8, 4) is 17.6 Å². The van der Waals surface area contributed by atoms with E-state index in [0.29, 0.717) is 17.2 Å². The standard InChI is InChI=1S/C18H18ClNO/c1-11(2)15-9-17(13(4)8-16(15)19)21-18-7-12(3)5-6-14(18)10-20/h5-9,11H,1-4H3. The Morgan fingerprint density at radius 1 is 1.10 bits per heavy atom. The summed E-state index contributed by atoms with van der Waals surface area (Å²) in [6.07, 6.45) is 0. The van der Waals surface area contributed by atoms with Gasteiger partial charge in [-0.05, 0) is 60.7 Å². The summed E-state index contributed by atoms with van der Waals surface area (Å²) < 4.78 is 5.98. The Labute approximate surface area is 130 Å². The number of halogens is 1. The number of ether oxygens (including phenoxy) is 1. The zero-order valence-electron chi connectivity index (χ0n) is 12.7. The zero-order chi connectivity index (χ0) is 15.6. The van der Waals surface area contributed by atoms with Gasteiger partial charge in [0.05, 0.1) is 5.56 Å². The summed E-state index contributed by atoms with van der Waals surface area (Å²) in [5, 5.41) is 9.94. The summed E-state index contributed by atoms with van der Waals surface area (Å²) in [5.74, 6) is 1.64. The molecular weight excluding hydrogens is 282 g/mol. The molecule has 108 valence electrons. The van der Waals surface area contributed by atoms with E-state index in [1.165, 1.54) is 0 Å². The lowest BCUT2D eigenvalue weighted by Crippen LogP contribution is -1.96. The molecule has 2 aromatic carbocycles. The van der Waals surface area contributed by atoms with Crippen molar-refractivity contribution in [1.82, 2.24) is 0 Å². The lowest BCUT2D eigenvalue weighted by Gasteiger charge is -2.15. The first-order valence-corrected chi connectivity index (χ1v) is 7.28. The molecular formula is C18H18ClNO. The Hall–Kier alpha value is -1.98. The zero-order valence-corrected chi connectivity index (χ0v) is 13.5. The monoisotopic (exact) mass is 299 g/mol. The summed E-state index contributed by atoms with van der Waals surface area (Å²) in [6, 6.07) is 11.6. The van der Waals surface area contributed by atoms with Gasteiger partial charge < -0.3 is 4.74 Å². The first-order valence-electron chi connectivity index (χ1n) is 6.91. The van der Waals surface area contributed by atoms with Gasteiger partial charge in [0, 0.05) is 5.02 Å². The van der Waals surface area contributed by atoms with Crippen LogP contribution in [0.15, 0.2) is 30.3 Å². The molecule has 0 atom stereocenters. The molecule has 21 heavy (non-hydrogen) atoms.